The first kappa shape index (κ1) is 13.9. The lowest BCUT2D eigenvalue weighted by Gasteiger charge is -2.40. The van der Waals surface area contributed by atoms with Crippen molar-refractivity contribution in [1.82, 2.24) is 9.80 Å². The second-order valence-corrected chi connectivity index (χ2v) is 4.92. The van der Waals surface area contributed by atoms with Crippen LogP contribution in [0.15, 0.2) is 0 Å². The highest BCUT2D eigenvalue weighted by molar-refractivity contribution is 4.79. The highest BCUT2D eigenvalue weighted by Crippen LogP contribution is 2.10. The molecule has 0 amide bonds. The van der Waals surface area contributed by atoms with Gasteiger partial charge >= 0.3 is 0 Å². The van der Waals surface area contributed by atoms with E-state index < -0.39 is 0 Å². The van der Waals surface area contributed by atoms with Gasteiger partial charge in [-0.2, -0.15) is 0 Å². The molecule has 0 saturated carbocycles. The molecule has 0 spiro atoms. The van der Waals surface area contributed by atoms with Crippen LogP contribution < -0.4 is 0 Å². The summed E-state index contributed by atoms with van der Waals surface area (Å²) in [4.78, 5) is 4.81. The molecule has 0 aromatic rings. The lowest BCUT2D eigenvalue weighted by Crippen LogP contribution is -2.53. The van der Waals surface area contributed by atoms with Crippen molar-refractivity contribution in [2.75, 3.05) is 39.3 Å². The van der Waals surface area contributed by atoms with E-state index in [1.165, 1.54) is 0 Å². The van der Waals surface area contributed by atoms with Crippen LogP contribution in [0.25, 0.3) is 0 Å². The van der Waals surface area contributed by atoms with Crippen molar-refractivity contribution >= 4 is 0 Å². The first-order valence-corrected chi connectivity index (χ1v) is 6.38. The van der Waals surface area contributed by atoms with Gasteiger partial charge in [-0.25, -0.2) is 0 Å². The van der Waals surface area contributed by atoms with Gasteiger partial charge in [0.25, 0.3) is 0 Å². The number of piperazine rings is 1. The first-order valence-electron chi connectivity index (χ1n) is 6.38. The van der Waals surface area contributed by atoms with Crippen LogP contribution in [0.4, 0.5) is 0 Å². The highest BCUT2D eigenvalue weighted by Gasteiger charge is 2.23. The van der Waals surface area contributed by atoms with Crippen LogP contribution >= 0.6 is 0 Å². The number of hydrogen-bond acceptors (Lipinski definition) is 4. The Morgan fingerprint density at radius 3 is 2.62 bits per heavy atom. The van der Waals surface area contributed by atoms with Crippen molar-refractivity contribution in [3.8, 4) is 0 Å². The number of hydrogen-bond donors (Lipinski definition) is 2. The van der Waals surface area contributed by atoms with Gasteiger partial charge in [-0.3, -0.25) is 4.90 Å². The summed E-state index contributed by atoms with van der Waals surface area (Å²) in [6.45, 7) is 9.46. The second-order valence-electron chi connectivity index (χ2n) is 4.92. The smallest absolute Gasteiger partial charge is 0.0639 e. The Kier molecular flexibility index (Phi) is 6.28. The Morgan fingerprint density at radius 2 is 2.06 bits per heavy atom. The summed E-state index contributed by atoms with van der Waals surface area (Å²) in [5, 5.41) is 18.1. The molecule has 4 nitrogen and oxygen atoms in total. The van der Waals surface area contributed by atoms with Gasteiger partial charge in [0.15, 0.2) is 0 Å². The van der Waals surface area contributed by atoms with Gasteiger partial charge in [0, 0.05) is 38.8 Å². The van der Waals surface area contributed by atoms with E-state index in [9.17, 15) is 5.11 Å². The zero-order chi connectivity index (χ0) is 12.0. The number of rotatable bonds is 6. The number of unbranched alkanes of at least 4 members (excludes halogenated alkanes) is 1. The van der Waals surface area contributed by atoms with E-state index in [1.807, 2.05) is 6.92 Å². The van der Waals surface area contributed by atoms with Gasteiger partial charge in [0.2, 0.25) is 0 Å². The van der Waals surface area contributed by atoms with Gasteiger partial charge in [-0.05, 0) is 33.2 Å². The van der Waals surface area contributed by atoms with Crippen molar-refractivity contribution < 1.29 is 10.2 Å². The van der Waals surface area contributed by atoms with E-state index in [2.05, 4.69) is 16.7 Å². The lowest BCUT2D eigenvalue weighted by atomic mass is 10.1. The van der Waals surface area contributed by atoms with Crippen LogP contribution in [-0.4, -0.2) is 71.5 Å². The largest absolute Gasteiger partial charge is 0.396 e. The maximum absolute atomic E-state index is 9.38. The number of β-amino-alcohol motifs (C(OH)–C–C–N with tert-alkyl or cyclic N) is 1. The predicted molar refractivity (Wildman–Crippen MR) is 65.5 cm³/mol. The fourth-order valence-electron chi connectivity index (χ4n) is 2.33. The summed E-state index contributed by atoms with van der Waals surface area (Å²) in [5.41, 5.74) is 0. The molecule has 1 saturated heterocycles. The SMILES string of the molecule is C[C@@H](O)CN1CCN(CCCCO)C[C@@H]1C. The first-order chi connectivity index (χ1) is 7.63. The summed E-state index contributed by atoms with van der Waals surface area (Å²) in [6.07, 6.45) is 1.76. The molecule has 0 aliphatic carbocycles. The molecule has 0 aromatic heterocycles. The molecule has 1 aliphatic rings. The van der Waals surface area contributed by atoms with E-state index >= 15 is 0 Å². The maximum atomic E-state index is 9.38. The second kappa shape index (κ2) is 7.22. The van der Waals surface area contributed by atoms with Crippen LogP contribution in [0.1, 0.15) is 26.7 Å². The third kappa shape index (κ3) is 4.78. The summed E-state index contributed by atoms with van der Waals surface area (Å²) < 4.78 is 0. The van der Waals surface area contributed by atoms with E-state index in [0.717, 1.165) is 45.6 Å². The zero-order valence-corrected chi connectivity index (χ0v) is 10.6. The Labute approximate surface area is 98.9 Å². The fourth-order valence-corrected chi connectivity index (χ4v) is 2.33. The summed E-state index contributed by atoms with van der Waals surface area (Å²) >= 11 is 0. The van der Waals surface area contributed by atoms with Gasteiger partial charge in [-0.1, -0.05) is 0 Å². The zero-order valence-electron chi connectivity index (χ0n) is 10.6. The van der Waals surface area contributed by atoms with Crippen molar-refractivity contribution in [2.45, 2.75) is 38.8 Å². The molecule has 0 bridgehead atoms. The van der Waals surface area contributed by atoms with E-state index in [4.69, 9.17) is 5.11 Å². The lowest BCUT2D eigenvalue weighted by molar-refractivity contribution is 0.0442. The van der Waals surface area contributed by atoms with Crippen LogP contribution in [0.3, 0.4) is 0 Å². The predicted octanol–water partition coefficient (Wildman–Crippen LogP) is 0.146. The van der Waals surface area contributed by atoms with Crippen LogP contribution in [-0.2, 0) is 0 Å². The van der Waals surface area contributed by atoms with Crippen LogP contribution in [0, 0.1) is 0 Å². The molecule has 2 atom stereocenters. The minimum atomic E-state index is -0.233. The number of nitrogens with zero attached hydrogens (tertiary/aromatic N) is 2. The maximum Gasteiger partial charge on any atom is 0.0639 e. The average molecular weight is 230 g/mol. The number of aliphatic hydroxyl groups excluding tert-OH is 2. The average Bonchev–Trinajstić information content (AvgIpc) is 2.22. The van der Waals surface area contributed by atoms with Crippen LogP contribution in [0.5, 0.6) is 0 Å². The molecular formula is C12H26N2O2. The molecule has 4 heteroatoms. The van der Waals surface area contributed by atoms with Gasteiger partial charge in [0.05, 0.1) is 6.10 Å². The monoisotopic (exact) mass is 230 g/mol. The highest BCUT2D eigenvalue weighted by atomic mass is 16.3. The molecule has 96 valence electrons. The fraction of sp³-hybridized carbons (Fsp3) is 1.00. The van der Waals surface area contributed by atoms with Gasteiger partial charge in [0.1, 0.15) is 0 Å². The molecule has 0 unspecified atom stereocenters. The molecule has 1 fully saturated rings. The van der Waals surface area contributed by atoms with E-state index in [-0.39, 0.29) is 6.10 Å². The molecule has 16 heavy (non-hydrogen) atoms. The van der Waals surface area contributed by atoms with Gasteiger partial charge in [-0.15, -0.1) is 0 Å². The Bertz CT molecular complexity index is 188. The number of aliphatic hydroxyl groups is 2. The van der Waals surface area contributed by atoms with Crippen molar-refractivity contribution in [2.24, 2.45) is 0 Å². The molecule has 1 rings (SSSR count). The molecule has 0 aromatic carbocycles. The third-order valence-corrected chi connectivity index (χ3v) is 3.23. The van der Waals surface area contributed by atoms with Crippen molar-refractivity contribution in [3.05, 3.63) is 0 Å². The molecule has 1 heterocycles. The summed E-state index contributed by atoms with van der Waals surface area (Å²) in [6, 6.07) is 0.525. The summed E-state index contributed by atoms with van der Waals surface area (Å²) in [7, 11) is 0. The van der Waals surface area contributed by atoms with E-state index in [1.54, 1.807) is 0 Å². The van der Waals surface area contributed by atoms with Crippen LogP contribution in [0.2, 0.25) is 0 Å². The van der Waals surface area contributed by atoms with Gasteiger partial charge < -0.3 is 15.1 Å². The normalized spacial score (nSPS) is 25.9. The van der Waals surface area contributed by atoms with Crippen molar-refractivity contribution in [3.63, 3.8) is 0 Å². The quantitative estimate of drug-likeness (QED) is 0.638. The topological polar surface area (TPSA) is 46.9 Å². The standard InChI is InChI=1S/C12H26N2O2/c1-11-9-13(5-3-4-8-15)6-7-14(11)10-12(2)16/h11-12,15-16H,3-10H2,1-2H3/t11-,12+/m0/s1. The molecule has 1 aliphatic heterocycles. The van der Waals surface area contributed by atoms with E-state index in [0.29, 0.717) is 12.6 Å². The minimum absolute atomic E-state index is 0.233. The summed E-state index contributed by atoms with van der Waals surface area (Å²) in [5.74, 6) is 0. The Balaban J connectivity index is 2.22. The molecular weight excluding hydrogens is 204 g/mol. The molecule has 2 N–H and O–H groups in total. The Hall–Kier alpha value is -0.160. The molecule has 0 radical (unpaired) electrons. The third-order valence-electron chi connectivity index (χ3n) is 3.23. The Morgan fingerprint density at radius 1 is 1.31 bits per heavy atom. The van der Waals surface area contributed by atoms with Crippen molar-refractivity contribution in [1.29, 1.82) is 0 Å². The minimum Gasteiger partial charge on any atom is -0.396 e.